The number of rotatable bonds is 7. The van der Waals surface area contributed by atoms with Crippen molar-refractivity contribution in [2.75, 3.05) is 27.1 Å². The molecule has 0 fully saturated rings. The molecule has 0 aliphatic rings. The average Bonchev–Trinajstić information content (AvgIpc) is 3.02. The Bertz CT molecular complexity index is 1050. The molecule has 1 amide bonds. The summed E-state index contributed by atoms with van der Waals surface area (Å²) in [7, 11) is 3.32. The van der Waals surface area contributed by atoms with Gasteiger partial charge < -0.3 is 14.0 Å². The van der Waals surface area contributed by atoms with Gasteiger partial charge in [-0.1, -0.05) is 23.5 Å². The molecule has 5 nitrogen and oxygen atoms in total. The fourth-order valence-corrected chi connectivity index (χ4v) is 4.66. The highest BCUT2D eigenvalue weighted by molar-refractivity contribution is 7.98. The van der Waals surface area contributed by atoms with Crippen LogP contribution in [0.2, 0.25) is 0 Å². The third kappa shape index (κ3) is 4.66. The highest BCUT2D eigenvalue weighted by atomic mass is 32.2. The van der Waals surface area contributed by atoms with Gasteiger partial charge in [0, 0.05) is 18.6 Å². The summed E-state index contributed by atoms with van der Waals surface area (Å²) >= 11 is 3.24. The van der Waals surface area contributed by atoms with Gasteiger partial charge in [0.25, 0.3) is 5.91 Å². The molecule has 3 aromatic rings. The number of carbonyl (C=O) groups is 1. The second-order valence-electron chi connectivity index (χ2n) is 6.35. The van der Waals surface area contributed by atoms with Gasteiger partial charge in [-0.3, -0.25) is 4.79 Å². The van der Waals surface area contributed by atoms with Gasteiger partial charge >= 0.3 is 0 Å². The predicted octanol–water partition coefficient (Wildman–Crippen LogP) is 4.06. The maximum Gasteiger partial charge on any atom is 0.252 e. The van der Waals surface area contributed by atoms with Crippen molar-refractivity contribution in [1.29, 1.82) is 0 Å². The smallest absolute Gasteiger partial charge is 0.252 e. The van der Waals surface area contributed by atoms with Crippen LogP contribution in [0.1, 0.15) is 11.1 Å². The second-order valence-corrected chi connectivity index (χ2v) is 8.24. The van der Waals surface area contributed by atoms with Gasteiger partial charge in [0.05, 0.1) is 30.4 Å². The molecule has 0 spiro atoms. The van der Waals surface area contributed by atoms with E-state index in [0.717, 1.165) is 27.1 Å². The van der Waals surface area contributed by atoms with Gasteiger partial charge in [-0.25, -0.2) is 0 Å². The molecule has 28 heavy (non-hydrogen) atoms. The zero-order chi connectivity index (χ0) is 20.1. The molecule has 0 unspecified atom stereocenters. The topological polar surface area (TPSA) is 52.8 Å². The molecule has 3 rings (SSSR count). The molecule has 0 saturated carbocycles. The van der Waals surface area contributed by atoms with Gasteiger partial charge in [0.2, 0.25) is 0 Å². The Balaban J connectivity index is 1.94. The van der Waals surface area contributed by atoms with Gasteiger partial charge in [-0.15, -0.1) is 11.8 Å². The van der Waals surface area contributed by atoms with Gasteiger partial charge in [-0.2, -0.15) is 4.99 Å². The van der Waals surface area contributed by atoms with E-state index in [9.17, 15) is 4.79 Å². The van der Waals surface area contributed by atoms with Crippen molar-refractivity contribution in [2.24, 2.45) is 4.99 Å². The van der Waals surface area contributed by atoms with Crippen molar-refractivity contribution < 1.29 is 14.3 Å². The van der Waals surface area contributed by atoms with Crippen LogP contribution in [0.25, 0.3) is 10.2 Å². The van der Waals surface area contributed by atoms with E-state index in [-0.39, 0.29) is 12.3 Å². The molecular weight excluding hydrogens is 392 g/mol. The van der Waals surface area contributed by atoms with E-state index in [4.69, 9.17) is 9.47 Å². The predicted molar refractivity (Wildman–Crippen MR) is 115 cm³/mol. The van der Waals surface area contributed by atoms with Crippen LogP contribution in [-0.2, 0) is 22.5 Å². The number of fused-ring (bicyclic) bond motifs is 1. The van der Waals surface area contributed by atoms with Crippen LogP contribution in [0.4, 0.5) is 0 Å². The number of benzene rings is 2. The zero-order valence-corrected chi connectivity index (χ0v) is 18.2. The van der Waals surface area contributed by atoms with E-state index in [0.29, 0.717) is 18.0 Å². The number of hydrogen-bond donors (Lipinski definition) is 0. The fraction of sp³-hybridized carbons (Fsp3) is 0.333. The lowest BCUT2D eigenvalue weighted by molar-refractivity contribution is -0.117. The van der Waals surface area contributed by atoms with E-state index in [1.807, 2.05) is 25.1 Å². The number of aromatic nitrogens is 1. The molecule has 2 aromatic carbocycles. The van der Waals surface area contributed by atoms with Crippen LogP contribution in [0.5, 0.6) is 5.75 Å². The van der Waals surface area contributed by atoms with E-state index >= 15 is 0 Å². The largest absolute Gasteiger partial charge is 0.496 e. The highest BCUT2D eigenvalue weighted by Crippen LogP contribution is 2.24. The van der Waals surface area contributed by atoms with E-state index in [2.05, 4.69) is 34.0 Å². The van der Waals surface area contributed by atoms with Gasteiger partial charge in [0.15, 0.2) is 4.80 Å². The monoisotopic (exact) mass is 416 g/mol. The van der Waals surface area contributed by atoms with E-state index in [1.54, 1.807) is 26.0 Å². The minimum absolute atomic E-state index is 0.160. The minimum atomic E-state index is -0.160. The molecule has 0 atom stereocenters. The number of hydrogen-bond acceptors (Lipinski definition) is 5. The molecule has 1 heterocycles. The normalized spacial score (nSPS) is 11.9. The molecular formula is C21H24N2O3S2. The summed E-state index contributed by atoms with van der Waals surface area (Å²) in [4.78, 5) is 19.0. The quantitative estimate of drug-likeness (QED) is 0.545. The van der Waals surface area contributed by atoms with Gasteiger partial charge in [-0.05, 0) is 48.6 Å². The van der Waals surface area contributed by atoms with Crippen molar-refractivity contribution in [3.8, 4) is 5.75 Å². The summed E-state index contributed by atoms with van der Waals surface area (Å²) in [5, 5.41) is 0. The third-order valence-corrected chi connectivity index (χ3v) is 6.21. The van der Waals surface area contributed by atoms with Crippen LogP contribution in [0.3, 0.4) is 0 Å². The Morgan fingerprint density at radius 1 is 1.21 bits per heavy atom. The summed E-state index contributed by atoms with van der Waals surface area (Å²) in [6, 6.07) is 12.1. The second kappa shape index (κ2) is 9.41. The molecule has 148 valence electrons. The van der Waals surface area contributed by atoms with Crippen LogP contribution < -0.4 is 9.54 Å². The SMILES string of the molecule is COCCn1c(=NC(=O)Cc2ccc(OC)c(C)c2)sc2cc(SC)ccc21. The molecule has 7 heteroatoms. The van der Waals surface area contributed by atoms with Crippen LogP contribution >= 0.6 is 23.1 Å². The molecule has 0 bridgehead atoms. The summed E-state index contributed by atoms with van der Waals surface area (Å²) < 4.78 is 13.7. The lowest BCUT2D eigenvalue weighted by Crippen LogP contribution is -2.19. The first-order valence-corrected chi connectivity index (χ1v) is 11.0. The Labute approximate surface area is 173 Å². The minimum Gasteiger partial charge on any atom is -0.496 e. The lowest BCUT2D eigenvalue weighted by atomic mass is 10.1. The Kier molecular flexibility index (Phi) is 6.93. The van der Waals surface area contributed by atoms with E-state index < -0.39 is 0 Å². The number of carbonyl (C=O) groups excluding carboxylic acids is 1. The third-order valence-electron chi connectivity index (χ3n) is 4.44. The maximum absolute atomic E-state index is 12.6. The van der Waals surface area contributed by atoms with Crippen molar-refractivity contribution in [2.45, 2.75) is 24.8 Å². The number of ether oxygens (including phenoxy) is 2. The number of aryl methyl sites for hydroxylation is 1. The summed E-state index contributed by atoms with van der Waals surface area (Å²) in [5.41, 5.74) is 3.02. The van der Waals surface area contributed by atoms with Crippen LogP contribution in [0.15, 0.2) is 46.3 Å². The molecule has 0 saturated heterocycles. The van der Waals surface area contributed by atoms with Crippen molar-refractivity contribution >= 4 is 39.2 Å². The van der Waals surface area contributed by atoms with Crippen LogP contribution in [-0.4, -0.2) is 37.6 Å². The first kappa shape index (κ1) is 20.6. The van der Waals surface area contributed by atoms with Crippen molar-refractivity contribution in [3.63, 3.8) is 0 Å². The fourth-order valence-electron chi connectivity index (χ4n) is 3.04. The first-order valence-electron chi connectivity index (χ1n) is 8.93. The summed E-state index contributed by atoms with van der Waals surface area (Å²) in [6.07, 6.45) is 2.32. The number of amides is 1. The Hall–Kier alpha value is -2.09. The standard InChI is InChI=1S/C21H24N2O3S2/c1-14-11-15(5-8-18(14)26-3)12-20(24)22-21-23(9-10-25-2)17-7-6-16(27-4)13-19(17)28-21/h5-8,11,13H,9-10,12H2,1-4H3. The lowest BCUT2D eigenvalue weighted by Gasteiger charge is -2.06. The number of methoxy groups -OCH3 is 2. The van der Waals surface area contributed by atoms with E-state index in [1.165, 1.54) is 16.2 Å². The number of nitrogens with zero attached hydrogens (tertiary/aromatic N) is 2. The number of thioether (sulfide) groups is 1. The Morgan fingerprint density at radius 2 is 2.04 bits per heavy atom. The first-order chi connectivity index (χ1) is 13.5. The molecule has 0 aliphatic carbocycles. The molecule has 0 aliphatic heterocycles. The summed E-state index contributed by atoms with van der Waals surface area (Å²) in [6.45, 7) is 3.19. The molecule has 0 radical (unpaired) electrons. The summed E-state index contributed by atoms with van der Waals surface area (Å²) in [5.74, 6) is 0.659. The molecule has 0 N–H and O–H groups in total. The highest BCUT2D eigenvalue weighted by Gasteiger charge is 2.10. The van der Waals surface area contributed by atoms with Gasteiger partial charge in [0.1, 0.15) is 5.75 Å². The van der Waals surface area contributed by atoms with Crippen molar-refractivity contribution in [3.05, 3.63) is 52.3 Å². The number of thiazole rings is 1. The van der Waals surface area contributed by atoms with Crippen LogP contribution in [0, 0.1) is 6.92 Å². The Morgan fingerprint density at radius 3 is 2.71 bits per heavy atom. The average molecular weight is 417 g/mol. The molecule has 1 aromatic heterocycles. The maximum atomic E-state index is 12.6. The zero-order valence-electron chi connectivity index (χ0n) is 16.5. The van der Waals surface area contributed by atoms with Crippen molar-refractivity contribution in [1.82, 2.24) is 4.57 Å².